The lowest BCUT2D eigenvalue weighted by Crippen LogP contribution is -2.47. The smallest absolute Gasteiger partial charge is 0.243 e. The lowest BCUT2D eigenvalue weighted by atomic mass is 10.2. The number of halogens is 2. The zero-order valence-electron chi connectivity index (χ0n) is 18.4. The van der Waals surface area contributed by atoms with Crippen molar-refractivity contribution >= 4 is 40.0 Å². The third-order valence-electron chi connectivity index (χ3n) is 5.21. The fourth-order valence-electron chi connectivity index (χ4n) is 3.38. The molecule has 0 aromatic heterocycles. The minimum atomic E-state index is -3.59. The molecular formula is C22H31FIN5O2S. The second-order valence-electron chi connectivity index (χ2n) is 7.46. The number of nitrogens with one attached hydrogen (secondary N) is 2. The van der Waals surface area contributed by atoms with Gasteiger partial charge in [-0.25, -0.2) is 17.8 Å². The minimum absolute atomic E-state index is 0. The standard InChI is InChI=1S/C22H30FN5O2S.HI/c1-3-24-22(25-16-18-8-4-6-10-20(18)23)26-17-19-9-5-7-11-21(19)31(29,30)28-14-12-27(2)13-15-28;/h4-11H,3,12-17H2,1-2H3,(H2,24,25,26);1H. The Morgan fingerprint density at radius 2 is 1.62 bits per heavy atom. The van der Waals surface area contributed by atoms with Crippen molar-refractivity contribution < 1.29 is 12.8 Å². The molecule has 1 aliphatic heterocycles. The average molecular weight is 575 g/mol. The number of piperazine rings is 1. The highest BCUT2D eigenvalue weighted by Crippen LogP contribution is 2.22. The number of aliphatic imine (C=N–C) groups is 1. The van der Waals surface area contributed by atoms with Crippen LogP contribution >= 0.6 is 24.0 Å². The number of guanidine groups is 1. The predicted octanol–water partition coefficient (Wildman–Crippen LogP) is 2.64. The van der Waals surface area contributed by atoms with Crippen LogP contribution in [-0.2, 0) is 23.1 Å². The van der Waals surface area contributed by atoms with Crippen molar-refractivity contribution in [3.05, 3.63) is 65.5 Å². The van der Waals surface area contributed by atoms with Gasteiger partial charge in [0.15, 0.2) is 5.96 Å². The Kier molecular flexibility index (Phi) is 10.3. The molecule has 3 rings (SSSR count). The third kappa shape index (κ3) is 6.87. The molecule has 0 spiro atoms. The summed E-state index contributed by atoms with van der Waals surface area (Å²) >= 11 is 0. The van der Waals surface area contributed by atoms with E-state index in [1.807, 2.05) is 20.0 Å². The second kappa shape index (κ2) is 12.5. The number of likely N-dealkylation sites (N-methyl/N-ethyl adjacent to an activating group) is 1. The molecule has 0 radical (unpaired) electrons. The van der Waals surface area contributed by atoms with E-state index in [9.17, 15) is 12.8 Å². The molecule has 1 heterocycles. The van der Waals surface area contributed by atoms with E-state index < -0.39 is 10.0 Å². The van der Waals surface area contributed by atoms with Gasteiger partial charge >= 0.3 is 0 Å². The lowest BCUT2D eigenvalue weighted by molar-refractivity contribution is 0.222. The summed E-state index contributed by atoms with van der Waals surface area (Å²) in [6.07, 6.45) is 0. The molecule has 32 heavy (non-hydrogen) atoms. The topological polar surface area (TPSA) is 77.0 Å². The van der Waals surface area contributed by atoms with Gasteiger partial charge in [-0.2, -0.15) is 4.31 Å². The zero-order valence-corrected chi connectivity index (χ0v) is 21.6. The van der Waals surface area contributed by atoms with Crippen LogP contribution in [0.25, 0.3) is 0 Å². The van der Waals surface area contributed by atoms with Gasteiger partial charge in [0, 0.05) is 44.8 Å². The van der Waals surface area contributed by atoms with E-state index in [-0.39, 0.29) is 47.8 Å². The van der Waals surface area contributed by atoms with E-state index >= 15 is 0 Å². The van der Waals surface area contributed by atoms with Crippen LogP contribution in [0.4, 0.5) is 4.39 Å². The van der Waals surface area contributed by atoms with Gasteiger partial charge in [-0.1, -0.05) is 36.4 Å². The Balaban J connectivity index is 0.00000363. The Hall–Kier alpha value is -1.76. The van der Waals surface area contributed by atoms with Crippen LogP contribution in [0.5, 0.6) is 0 Å². The SMILES string of the molecule is CCNC(=NCc1ccccc1S(=O)(=O)N1CCN(C)CC1)NCc1ccccc1F.I. The van der Waals surface area contributed by atoms with Crippen LogP contribution in [0.3, 0.4) is 0 Å². The number of benzene rings is 2. The van der Waals surface area contributed by atoms with Crippen LogP contribution < -0.4 is 10.6 Å². The molecule has 0 unspecified atom stereocenters. The first kappa shape index (κ1) is 26.5. The molecule has 2 N–H and O–H groups in total. The van der Waals surface area contributed by atoms with Crippen molar-refractivity contribution in [3.63, 3.8) is 0 Å². The molecule has 2 aromatic rings. The normalized spacial score (nSPS) is 15.8. The first-order chi connectivity index (χ1) is 14.9. The van der Waals surface area contributed by atoms with Crippen LogP contribution in [0.15, 0.2) is 58.4 Å². The van der Waals surface area contributed by atoms with E-state index in [4.69, 9.17) is 0 Å². The molecule has 0 aliphatic carbocycles. The van der Waals surface area contributed by atoms with Crippen LogP contribution in [0.1, 0.15) is 18.1 Å². The highest BCUT2D eigenvalue weighted by molar-refractivity contribution is 14.0. The van der Waals surface area contributed by atoms with Gasteiger partial charge < -0.3 is 15.5 Å². The van der Waals surface area contributed by atoms with Crippen molar-refractivity contribution in [2.75, 3.05) is 39.8 Å². The van der Waals surface area contributed by atoms with E-state index in [0.29, 0.717) is 49.8 Å². The van der Waals surface area contributed by atoms with Crippen LogP contribution in [0, 0.1) is 5.82 Å². The summed E-state index contributed by atoms with van der Waals surface area (Å²) in [6.45, 7) is 5.41. The molecule has 2 aromatic carbocycles. The van der Waals surface area contributed by atoms with E-state index in [0.717, 1.165) is 0 Å². The van der Waals surface area contributed by atoms with Gasteiger partial charge in [0.25, 0.3) is 0 Å². The molecule has 0 amide bonds. The van der Waals surface area contributed by atoms with Gasteiger partial charge in [0.2, 0.25) is 10.0 Å². The lowest BCUT2D eigenvalue weighted by Gasteiger charge is -2.32. The molecule has 10 heteroatoms. The molecule has 176 valence electrons. The molecule has 0 bridgehead atoms. The molecule has 1 saturated heterocycles. The van der Waals surface area contributed by atoms with Crippen molar-refractivity contribution in [1.82, 2.24) is 19.8 Å². The fraction of sp³-hybridized carbons (Fsp3) is 0.409. The average Bonchev–Trinajstić information content (AvgIpc) is 2.77. The quantitative estimate of drug-likeness (QED) is 0.302. The second-order valence-corrected chi connectivity index (χ2v) is 9.36. The molecule has 0 saturated carbocycles. The number of rotatable bonds is 7. The van der Waals surface area contributed by atoms with Gasteiger partial charge in [-0.05, 0) is 31.7 Å². The van der Waals surface area contributed by atoms with Crippen molar-refractivity contribution in [3.8, 4) is 0 Å². The summed E-state index contributed by atoms with van der Waals surface area (Å²) in [6, 6.07) is 13.5. The zero-order chi connectivity index (χ0) is 22.3. The van der Waals surface area contributed by atoms with Crippen molar-refractivity contribution in [2.24, 2.45) is 4.99 Å². The van der Waals surface area contributed by atoms with Crippen LogP contribution in [0.2, 0.25) is 0 Å². The Morgan fingerprint density at radius 1 is 1.00 bits per heavy atom. The maximum Gasteiger partial charge on any atom is 0.243 e. The van der Waals surface area contributed by atoms with Gasteiger partial charge in [0.05, 0.1) is 11.4 Å². The molecule has 1 fully saturated rings. The van der Waals surface area contributed by atoms with E-state index in [2.05, 4.69) is 20.5 Å². The number of hydrogen-bond donors (Lipinski definition) is 2. The maximum absolute atomic E-state index is 13.9. The Morgan fingerprint density at radius 3 is 2.28 bits per heavy atom. The van der Waals surface area contributed by atoms with Gasteiger partial charge in [-0.3, -0.25) is 0 Å². The summed E-state index contributed by atoms with van der Waals surface area (Å²) in [5.41, 5.74) is 1.16. The third-order valence-corrected chi connectivity index (χ3v) is 7.21. The maximum atomic E-state index is 13.9. The fourth-order valence-corrected chi connectivity index (χ4v) is 5.02. The molecule has 7 nitrogen and oxygen atoms in total. The van der Waals surface area contributed by atoms with E-state index in [1.54, 1.807) is 36.4 Å². The van der Waals surface area contributed by atoms with Crippen molar-refractivity contribution in [1.29, 1.82) is 0 Å². The summed E-state index contributed by atoms with van der Waals surface area (Å²) in [4.78, 5) is 6.94. The van der Waals surface area contributed by atoms with Crippen molar-refractivity contribution in [2.45, 2.75) is 24.9 Å². The summed E-state index contributed by atoms with van der Waals surface area (Å²) in [7, 11) is -1.60. The Bertz CT molecular complexity index is 1010. The minimum Gasteiger partial charge on any atom is -0.357 e. The number of nitrogens with zero attached hydrogens (tertiary/aromatic N) is 3. The van der Waals surface area contributed by atoms with Gasteiger partial charge in [0.1, 0.15) is 5.82 Å². The molecular weight excluding hydrogens is 544 g/mol. The first-order valence-electron chi connectivity index (χ1n) is 10.4. The van der Waals surface area contributed by atoms with Gasteiger partial charge in [-0.15, -0.1) is 24.0 Å². The van der Waals surface area contributed by atoms with E-state index in [1.165, 1.54) is 10.4 Å². The highest BCUT2D eigenvalue weighted by atomic mass is 127. The largest absolute Gasteiger partial charge is 0.357 e. The Labute approximate surface area is 207 Å². The monoisotopic (exact) mass is 575 g/mol. The summed E-state index contributed by atoms with van der Waals surface area (Å²) in [5, 5.41) is 6.23. The molecule has 0 atom stereocenters. The summed E-state index contributed by atoms with van der Waals surface area (Å²) < 4.78 is 41.9. The predicted molar refractivity (Wildman–Crippen MR) is 136 cm³/mol. The first-order valence-corrected chi connectivity index (χ1v) is 11.9. The summed E-state index contributed by atoms with van der Waals surface area (Å²) in [5.74, 6) is 0.215. The number of hydrogen-bond acceptors (Lipinski definition) is 4. The van der Waals surface area contributed by atoms with Crippen LogP contribution in [-0.4, -0.2) is 63.4 Å². The highest BCUT2D eigenvalue weighted by Gasteiger charge is 2.29. The molecule has 1 aliphatic rings. The number of sulfonamides is 1.